The summed E-state index contributed by atoms with van der Waals surface area (Å²) in [6, 6.07) is 0. The number of aromatic nitrogens is 4. The highest BCUT2D eigenvalue weighted by Gasteiger charge is 2.23. The predicted octanol–water partition coefficient (Wildman–Crippen LogP) is -0.0246. The zero-order chi connectivity index (χ0) is 12.6. The van der Waals surface area contributed by atoms with E-state index in [0.29, 0.717) is 22.8 Å². The second-order valence-corrected chi connectivity index (χ2v) is 3.58. The first-order valence-corrected chi connectivity index (χ1v) is 4.94. The van der Waals surface area contributed by atoms with Crippen molar-refractivity contribution in [3.05, 3.63) is 23.7 Å². The molecule has 2 heterocycles. The Morgan fingerprint density at radius 2 is 1.94 bits per heavy atom. The largest absolute Gasteiger partial charge is 0.493 e. The standard InChI is InChI=1S/C10H13N5O2/c1-14-8(7(17-3)5-13-14)9(16)6-4-12-15(2)10(6)11/h4-5H,11H2,1-3H3. The predicted molar refractivity (Wildman–Crippen MR) is 60.8 cm³/mol. The summed E-state index contributed by atoms with van der Waals surface area (Å²) in [5, 5.41) is 7.91. The molecule has 0 atom stereocenters. The van der Waals surface area contributed by atoms with E-state index in [1.54, 1.807) is 14.1 Å². The minimum atomic E-state index is -0.257. The van der Waals surface area contributed by atoms with Crippen molar-refractivity contribution < 1.29 is 9.53 Å². The van der Waals surface area contributed by atoms with Crippen LogP contribution in [0.25, 0.3) is 0 Å². The summed E-state index contributed by atoms with van der Waals surface area (Å²) < 4.78 is 7.98. The van der Waals surface area contributed by atoms with Gasteiger partial charge in [-0.2, -0.15) is 10.2 Å². The molecule has 17 heavy (non-hydrogen) atoms. The van der Waals surface area contributed by atoms with E-state index < -0.39 is 0 Å². The van der Waals surface area contributed by atoms with E-state index in [1.165, 1.54) is 28.9 Å². The van der Waals surface area contributed by atoms with Gasteiger partial charge in [-0.3, -0.25) is 14.2 Å². The number of methoxy groups -OCH3 is 1. The number of carbonyl (C=O) groups is 1. The molecule has 7 nitrogen and oxygen atoms in total. The first-order valence-electron chi connectivity index (χ1n) is 4.94. The third kappa shape index (κ3) is 1.65. The van der Waals surface area contributed by atoms with Gasteiger partial charge in [-0.15, -0.1) is 0 Å². The van der Waals surface area contributed by atoms with Crippen LogP contribution < -0.4 is 10.5 Å². The summed E-state index contributed by atoms with van der Waals surface area (Å²) in [6.45, 7) is 0. The molecule has 7 heteroatoms. The maximum Gasteiger partial charge on any atom is 0.220 e. The van der Waals surface area contributed by atoms with Crippen LogP contribution in [0.3, 0.4) is 0 Å². The Balaban J connectivity index is 2.51. The maximum atomic E-state index is 12.3. The number of hydrogen-bond acceptors (Lipinski definition) is 5. The lowest BCUT2D eigenvalue weighted by Crippen LogP contribution is -2.11. The fourth-order valence-corrected chi connectivity index (χ4v) is 1.58. The lowest BCUT2D eigenvalue weighted by Gasteiger charge is -2.03. The maximum absolute atomic E-state index is 12.3. The van der Waals surface area contributed by atoms with Crippen molar-refractivity contribution >= 4 is 11.6 Å². The lowest BCUT2D eigenvalue weighted by molar-refractivity contribution is 0.102. The van der Waals surface area contributed by atoms with Crippen LogP contribution in [-0.2, 0) is 14.1 Å². The average Bonchev–Trinajstić information content (AvgIpc) is 2.83. The van der Waals surface area contributed by atoms with E-state index in [2.05, 4.69) is 10.2 Å². The second kappa shape index (κ2) is 3.93. The van der Waals surface area contributed by atoms with Gasteiger partial charge in [0.05, 0.1) is 25.1 Å². The Labute approximate surface area is 97.8 Å². The van der Waals surface area contributed by atoms with Gasteiger partial charge in [-0.05, 0) is 0 Å². The Morgan fingerprint density at radius 1 is 1.29 bits per heavy atom. The molecule has 2 aromatic heterocycles. The Hall–Kier alpha value is -2.31. The van der Waals surface area contributed by atoms with Crippen LogP contribution in [0.4, 0.5) is 5.82 Å². The molecule has 0 aliphatic rings. The first-order chi connectivity index (χ1) is 8.06. The van der Waals surface area contributed by atoms with Crippen LogP contribution in [0.1, 0.15) is 16.1 Å². The molecular formula is C10H13N5O2. The molecule has 0 saturated carbocycles. The number of rotatable bonds is 3. The van der Waals surface area contributed by atoms with E-state index in [-0.39, 0.29) is 5.78 Å². The van der Waals surface area contributed by atoms with Gasteiger partial charge >= 0.3 is 0 Å². The number of anilines is 1. The Kier molecular flexibility index (Phi) is 2.58. The van der Waals surface area contributed by atoms with Crippen LogP contribution in [0.15, 0.2) is 12.4 Å². The quantitative estimate of drug-likeness (QED) is 0.755. The molecule has 0 bridgehead atoms. The molecule has 2 aromatic rings. The van der Waals surface area contributed by atoms with E-state index >= 15 is 0 Å². The third-order valence-electron chi connectivity index (χ3n) is 2.57. The van der Waals surface area contributed by atoms with Crippen molar-refractivity contribution in [2.75, 3.05) is 12.8 Å². The van der Waals surface area contributed by atoms with Crippen LogP contribution in [0.5, 0.6) is 5.75 Å². The SMILES string of the molecule is COc1cnn(C)c1C(=O)c1cnn(C)c1N. The number of nitrogen functional groups attached to an aromatic ring is 1. The van der Waals surface area contributed by atoms with Crippen molar-refractivity contribution in [3.8, 4) is 5.75 Å². The summed E-state index contributed by atoms with van der Waals surface area (Å²) in [5.41, 5.74) is 6.46. The van der Waals surface area contributed by atoms with Crippen LogP contribution in [0, 0.1) is 0 Å². The van der Waals surface area contributed by atoms with Crippen LogP contribution in [0.2, 0.25) is 0 Å². The number of nitrogens with two attached hydrogens (primary N) is 1. The van der Waals surface area contributed by atoms with E-state index in [9.17, 15) is 4.79 Å². The van der Waals surface area contributed by atoms with Crippen molar-refractivity contribution in [1.29, 1.82) is 0 Å². The molecular weight excluding hydrogens is 222 g/mol. The van der Waals surface area contributed by atoms with Crippen molar-refractivity contribution in [1.82, 2.24) is 19.6 Å². The van der Waals surface area contributed by atoms with Crippen molar-refractivity contribution in [2.45, 2.75) is 0 Å². The molecule has 0 unspecified atom stereocenters. The summed E-state index contributed by atoms with van der Waals surface area (Å²) in [7, 11) is 4.83. The molecule has 0 aliphatic heterocycles. The number of carbonyl (C=O) groups excluding carboxylic acids is 1. The molecule has 0 fully saturated rings. The summed E-state index contributed by atoms with van der Waals surface area (Å²) in [5.74, 6) is 0.478. The van der Waals surface area contributed by atoms with Gasteiger partial charge in [0, 0.05) is 14.1 Å². The number of ether oxygens (including phenoxy) is 1. The monoisotopic (exact) mass is 235 g/mol. The van der Waals surface area contributed by atoms with Gasteiger partial charge < -0.3 is 10.5 Å². The van der Waals surface area contributed by atoms with Gasteiger partial charge in [-0.25, -0.2) is 0 Å². The minimum absolute atomic E-state index is 0.257. The molecule has 0 spiro atoms. The normalized spacial score (nSPS) is 10.5. The highest BCUT2D eigenvalue weighted by molar-refractivity contribution is 6.12. The Bertz CT molecular complexity index is 569. The zero-order valence-electron chi connectivity index (χ0n) is 9.84. The molecule has 0 aliphatic carbocycles. The van der Waals surface area contributed by atoms with Gasteiger partial charge in [0.15, 0.2) is 11.4 Å². The van der Waals surface area contributed by atoms with E-state index in [1.807, 2.05) is 0 Å². The van der Waals surface area contributed by atoms with Crippen molar-refractivity contribution in [3.63, 3.8) is 0 Å². The van der Waals surface area contributed by atoms with Gasteiger partial charge in [0.1, 0.15) is 5.82 Å². The van der Waals surface area contributed by atoms with E-state index in [0.717, 1.165) is 0 Å². The molecule has 2 N–H and O–H groups in total. The second-order valence-electron chi connectivity index (χ2n) is 3.58. The molecule has 0 aromatic carbocycles. The highest BCUT2D eigenvalue weighted by Crippen LogP contribution is 2.22. The lowest BCUT2D eigenvalue weighted by atomic mass is 10.1. The summed E-state index contributed by atoms with van der Waals surface area (Å²) >= 11 is 0. The van der Waals surface area contributed by atoms with Crippen LogP contribution in [-0.4, -0.2) is 32.5 Å². The fraction of sp³-hybridized carbons (Fsp3) is 0.300. The van der Waals surface area contributed by atoms with Crippen LogP contribution >= 0.6 is 0 Å². The van der Waals surface area contributed by atoms with Gasteiger partial charge in [0.25, 0.3) is 0 Å². The minimum Gasteiger partial charge on any atom is -0.493 e. The number of hydrogen-bond donors (Lipinski definition) is 1. The fourth-order valence-electron chi connectivity index (χ4n) is 1.58. The van der Waals surface area contributed by atoms with Gasteiger partial charge in [0.2, 0.25) is 5.78 Å². The molecule has 2 rings (SSSR count). The molecule has 0 saturated heterocycles. The number of nitrogens with zero attached hydrogens (tertiary/aromatic N) is 4. The molecule has 90 valence electrons. The molecule has 0 radical (unpaired) electrons. The topological polar surface area (TPSA) is 88.0 Å². The number of aryl methyl sites for hydroxylation is 2. The summed E-state index contributed by atoms with van der Waals surface area (Å²) in [4.78, 5) is 12.3. The third-order valence-corrected chi connectivity index (χ3v) is 2.57. The first kappa shape index (κ1) is 11.2. The van der Waals surface area contributed by atoms with Gasteiger partial charge in [-0.1, -0.05) is 0 Å². The smallest absolute Gasteiger partial charge is 0.220 e. The van der Waals surface area contributed by atoms with Crippen molar-refractivity contribution in [2.24, 2.45) is 14.1 Å². The zero-order valence-corrected chi connectivity index (χ0v) is 9.84. The Morgan fingerprint density at radius 3 is 2.47 bits per heavy atom. The highest BCUT2D eigenvalue weighted by atomic mass is 16.5. The average molecular weight is 235 g/mol. The summed E-state index contributed by atoms with van der Waals surface area (Å²) in [6.07, 6.45) is 2.92. The van der Waals surface area contributed by atoms with E-state index in [4.69, 9.17) is 10.5 Å². The molecule has 0 amide bonds. The number of ketones is 1.